The Morgan fingerprint density at radius 1 is 1.45 bits per heavy atom. The molecule has 0 aromatic heterocycles. The molecule has 1 aromatic rings. The Hall–Kier alpha value is -0.630. The van der Waals surface area contributed by atoms with E-state index in [4.69, 9.17) is 10.6 Å². The maximum absolute atomic E-state index is 10.7. The minimum absolute atomic E-state index is 0.313. The van der Waals surface area contributed by atoms with Crippen molar-refractivity contribution in [3.63, 3.8) is 0 Å². The van der Waals surface area contributed by atoms with Crippen LogP contribution >= 0.6 is 8.03 Å². The molecule has 0 bridgehead atoms. The Morgan fingerprint density at radius 2 is 2.09 bits per heavy atom. The first-order valence-electron chi connectivity index (χ1n) is 3.27. The predicted octanol–water partition coefficient (Wildman–Crippen LogP) is 0.238. The number of nitrogens with two attached hydrogens (primary N) is 1. The molecule has 0 aliphatic heterocycles. The quantitative estimate of drug-likeness (QED) is 0.626. The van der Waals surface area contributed by atoms with E-state index in [9.17, 15) is 4.57 Å². The van der Waals surface area contributed by atoms with Gasteiger partial charge in [0.15, 0.2) is 0 Å². The van der Waals surface area contributed by atoms with Crippen LogP contribution in [0.4, 0.5) is 0 Å². The van der Waals surface area contributed by atoms with Crippen LogP contribution < -0.4 is 11.0 Å². The second kappa shape index (κ2) is 3.67. The molecule has 1 rings (SSSR count). The van der Waals surface area contributed by atoms with Crippen molar-refractivity contribution in [1.29, 1.82) is 0 Å². The fourth-order valence-corrected chi connectivity index (χ4v) is 1.61. The van der Waals surface area contributed by atoms with Gasteiger partial charge in [-0.3, -0.25) is 4.57 Å². The second-order valence-electron chi connectivity index (χ2n) is 2.17. The molecule has 0 amide bonds. The summed E-state index contributed by atoms with van der Waals surface area (Å²) in [5.41, 5.74) is 6.10. The summed E-state index contributed by atoms with van der Waals surface area (Å²) in [7, 11) is -2.58. The highest BCUT2D eigenvalue weighted by Gasteiger charge is 2.02. The standard InChI is InChI=1S/C7H10NO2P/c8-5-6-3-1-2-4-7(6)11(9)10/h1-4,11H,5,8H2,(H,9,10). The summed E-state index contributed by atoms with van der Waals surface area (Å²) in [5, 5.41) is 0.472. The smallest absolute Gasteiger partial charge is 0.218 e. The molecule has 0 heterocycles. The van der Waals surface area contributed by atoms with Crippen LogP contribution in [-0.2, 0) is 11.1 Å². The molecule has 0 fully saturated rings. The lowest BCUT2D eigenvalue weighted by atomic mass is 10.2. The molecular formula is C7H10NO2P. The molecule has 3 N–H and O–H groups in total. The van der Waals surface area contributed by atoms with Crippen molar-refractivity contribution < 1.29 is 9.46 Å². The van der Waals surface area contributed by atoms with Gasteiger partial charge in [-0.05, 0) is 11.6 Å². The van der Waals surface area contributed by atoms with Gasteiger partial charge in [0.05, 0.1) is 0 Å². The van der Waals surface area contributed by atoms with E-state index in [2.05, 4.69) is 0 Å². The summed E-state index contributed by atoms with van der Waals surface area (Å²) >= 11 is 0. The predicted molar refractivity (Wildman–Crippen MR) is 45.2 cm³/mol. The van der Waals surface area contributed by atoms with Gasteiger partial charge >= 0.3 is 0 Å². The van der Waals surface area contributed by atoms with Crippen molar-refractivity contribution in [2.45, 2.75) is 6.54 Å². The lowest BCUT2D eigenvalue weighted by Gasteiger charge is -2.01. The molecule has 0 saturated heterocycles. The summed E-state index contributed by atoms with van der Waals surface area (Å²) in [6, 6.07) is 6.92. The molecule has 0 aliphatic carbocycles. The summed E-state index contributed by atoms with van der Waals surface area (Å²) in [4.78, 5) is 8.83. The molecule has 0 spiro atoms. The first-order valence-corrected chi connectivity index (χ1v) is 4.62. The van der Waals surface area contributed by atoms with Gasteiger partial charge in [-0.2, -0.15) is 0 Å². The Bertz CT molecular complexity index is 275. The van der Waals surface area contributed by atoms with E-state index >= 15 is 0 Å². The molecule has 60 valence electrons. The number of benzene rings is 1. The van der Waals surface area contributed by atoms with Crippen molar-refractivity contribution in [2.24, 2.45) is 5.73 Å². The van der Waals surface area contributed by atoms with Gasteiger partial charge in [0, 0.05) is 11.8 Å². The molecular weight excluding hydrogens is 161 g/mol. The summed E-state index contributed by atoms with van der Waals surface area (Å²) in [6.45, 7) is 0.313. The van der Waals surface area contributed by atoms with Crippen LogP contribution in [-0.4, -0.2) is 4.89 Å². The zero-order valence-electron chi connectivity index (χ0n) is 5.95. The Kier molecular flexibility index (Phi) is 2.83. The molecule has 1 unspecified atom stereocenters. The Balaban J connectivity index is 3.12. The zero-order valence-corrected chi connectivity index (χ0v) is 6.95. The van der Waals surface area contributed by atoms with Gasteiger partial charge in [0.25, 0.3) is 0 Å². The highest BCUT2D eigenvalue weighted by Crippen LogP contribution is 2.15. The minimum atomic E-state index is -2.58. The number of hydrogen-bond acceptors (Lipinski definition) is 2. The topological polar surface area (TPSA) is 63.3 Å². The van der Waals surface area contributed by atoms with Gasteiger partial charge in [-0.1, -0.05) is 18.2 Å². The highest BCUT2D eigenvalue weighted by molar-refractivity contribution is 7.47. The van der Waals surface area contributed by atoms with Gasteiger partial charge in [-0.25, -0.2) is 0 Å². The molecule has 0 aliphatic rings. The summed E-state index contributed by atoms with van der Waals surface area (Å²) in [6.07, 6.45) is 0. The summed E-state index contributed by atoms with van der Waals surface area (Å²) in [5.74, 6) is 0. The van der Waals surface area contributed by atoms with E-state index in [0.29, 0.717) is 11.8 Å². The maximum Gasteiger partial charge on any atom is 0.218 e. The Labute approximate surface area is 65.7 Å². The van der Waals surface area contributed by atoms with E-state index < -0.39 is 8.03 Å². The monoisotopic (exact) mass is 171 g/mol. The molecule has 4 heteroatoms. The molecule has 3 nitrogen and oxygen atoms in total. The highest BCUT2D eigenvalue weighted by atomic mass is 31.1. The molecule has 1 aromatic carbocycles. The fraction of sp³-hybridized carbons (Fsp3) is 0.143. The molecule has 11 heavy (non-hydrogen) atoms. The van der Waals surface area contributed by atoms with E-state index in [1.165, 1.54) is 0 Å². The van der Waals surface area contributed by atoms with Crippen LogP contribution in [0.5, 0.6) is 0 Å². The van der Waals surface area contributed by atoms with Crippen LogP contribution in [0.25, 0.3) is 0 Å². The molecule has 1 atom stereocenters. The second-order valence-corrected chi connectivity index (χ2v) is 3.32. The molecule has 0 saturated carbocycles. The van der Waals surface area contributed by atoms with Crippen molar-refractivity contribution in [2.75, 3.05) is 0 Å². The fourth-order valence-electron chi connectivity index (χ4n) is 0.907. The van der Waals surface area contributed by atoms with Crippen molar-refractivity contribution in [3.05, 3.63) is 29.8 Å². The normalized spacial score (nSPS) is 12.9. The SMILES string of the molecule is NCc1ccccc1[PH](=O)O. The van der Waals surface area contributed by atoms with Crippen molar-refractivity contribution in [1.82, 2.24) is 0 Å². The van der Waals surface area contributed by atoms with Crippen molar-refractivity contribution >= 4 is 13.3 Å². The largest absolute Gasteiger partial charge is 0.343 e. The minimum Gasteiger partial charge on any atom is -0.343 e. The average molecular weight is 171 g/mol. The van der Waals surface area contributed by atoms with Crippen LogP contribution in [0.3, 0.4) is 0 Å². The first-order chi connectivity index (χ1) is 5.25. The van der Waals surface area contributed by atoms with Crippen LogP contribution in [0, 0.1) is 0 Å². The molecule has 0 radical (unpaired) electrons. The van der Waals surface area contributed by atoms with E-state index in [1.807, 2.05) is 0 Å². The van der Waals surface area contributed by atoms with Gasteiger partial charge in [0.2, 0.25) is 8.03 Å². The third-order valence-electron chi connectivity index (χ3n) is 1.47. The van der Waals surface area contributed by atoms with E-state index in [-0.39, 0.29) is 0 Å². The number of rotatable bonds is 2. The third kappa shape index (κ3) is 1.90. The van der Waals surface area contributed by atoms with E-state index in [0.717, 1.165) is 5.56 Å². The van der Waals surface area contributed by atoms with Crippen LogP contribution in [0.1, 0.15) is 5.56 Å². The van der Waals surface area contributed by atoms with Gasteiger partial charge in [0.1, 0.15) is 0 Å². The maximum atomic E-state index is 10.7. The van der Waals surface area contributed by atoms with Gasteiger partial charge < -0.3 is 10.6 Å². The third-order valence-corrected chi connectivity index (χ3v) is 2.42. The number of hydrogen-bond donors (Lipinski definition) is 2. The van der Waals surface area contributed by atoms with Crippen LogP contribution in [0.2, 0.25) is 0 Å². The summed E-state index contributed by atoms with van der Waals surface area (Å²) < 4.78 is 10.7. The van der Waals surface area contributed by atoms with Crippen molar-refractivity contribution in [3.8, 4) is 0 Å². The van der Waals surface area contributed by atoms with Crippen LogP contribution in [0.15, 0.2) is 24.3 Å². The average Bonchev–Trinajstić information content (AvgIpc) is 2.04. The van der Waals surface area contributed by atoms with Gasteiger partial charge in [-0.15, -0.1) is 0 Å². The first kappa shape index (κ1) is 8.47. The Morgan fingerprint density at radius 3 is 2.55 bits per heavy atom. The zero-order chi connectivity index (χ0) is 8.27. The lowest BCUT2D eigenvalue weighted by Crippen LogP contribution is -2.09. The van der Waals surface area contributed by atoms with E-state index in [1.54, 1.807) is 24.3 Å². The lowest BCUT2D eigenvalue weighted by molar-refractivity contribution is 0.513.